The molecule has 88 valence electrons. The lowest BCUT2D eigenvalue weighted by Crippen LogP contribution is -2.02. The first kappa shape index (κ1) is 11.1. The average molecular weight is 266 g/mol. The maximum absolute atomic E-state index is 6.03. The van der Waals surface area contributed by atoms with Crippen LogP contribution < -0.4 is 9.84 Å². The van der Waals surface area contributed by atoms with Gasteiger partial charge in [0, 0.05) is 35.5 Å². The number of nitrogens with one attached hydrogen (secondary N) is 1. The fraction of sp³-hybridized carbons (Fsp3) is 0.231. The largest absolute Gasteiger partial charge is 0.480 e. The van der Waals surface area contributed by atoms with Crippen LogP contribution in [0.25, 0.3) is 10.8 Å². The Bertz CT molecular complexity index is 573. The topological polar surface area (TPSA) is 21.3 Å². The molecule has 0 radical (unpaired) electrons. The van der Waals surface area contributed by atoms with Crippen molar-refractivity contribution >= 4 is 37.5 Å². The van der Waals surface area contributed by atoms with Crippen LogP contribution >= 0.6 is 21.1 Å². The van der Waals surface area contributed by atoms with Crippen LogP contribution in [0, 0.1) is 0 Å². The summed E-state index contributed by atoms with van der Waals surface area (Å²) in [7, 11) is 2.31. The van der Waals surface area contributed by atoms with E-state index in [9.17, 15) is 0 Å². The van der Waals surface area contributed by atoms with Crippen molar-refractivity contribution in [3.63, 3.8) is 0 Å². The van der Waals surface area contributed by atoms with Gasteiger partial charge in [0.25, 0.3) is 0 Å². The summed E-state index contributed by atoms with van der Waals surface area (Å²) in [5.74, 6) is 1.91. The first-order valence-electron chi connectivity index (χ1n) is 5.57. The lowest BCUT2D eigenvalue weighted by Gasteiger charge is -2.12. The highest BCUT2D eigenvalue weighted by Crippen LogP contribution is 2.42. The van der Waals surface area contributed by atoms with Crippen molar-refractivity contribution in [3.8, 4) is 5.75 Å². The first-order chi connectivity index (χ1) is 8.35. The molecule has 2 atom stereocenters. The van der Waals surface area contributed by atoms with E-state index < -0.39 is 0 Å². The van der Waals surface area contributed by atoms with Gasteiger partial charge >= 0.3 is 0 Å². The molecule has 0 saturated carbocycles. The molecule has 17 heavy (non-hydrogen) atoms. The van der Waals surface area contributed by atoms with Crippen molar-refractivity contribution in [2.45, 2.75) is 5.92 Å². The van der Waals surface area contributed by atoms with E-state index in [1.165, 1.54) is 10.9 Å². The number of hydrogen-bond donors (Lipinski definition) is 1. The minimum absolute atomic E-state index is 0.384. The van der Waals surface area contributed by atoms with E-state index in [0.717, 1.165) is 23.4 Å². The normalized spacial score (nSPS) is 17.9. The van der Waals surface area contributed by atoms with Gasteiger partial charge in [-0.05, 0) is 10.9 Å². The number of alkyl halides is 1. The molecule has 2 aromatic rings. The van der Waals surface area contributed by atoms with E-state index in [2.05, 4.69) is 39.0 Å². The van der Waals surface area contributed by atoms with Crippen molar-refractivity contribution in [1.29, 1.82) is 0 Å². The molecule has 2 nitrogen and oxygen atoms in total. The lowest BCUT2D eigenvalue weighted by molar-refractivity contribution is 0.654. The van der Waals surface area contributed by atoms with Crippen LogP contribution in [-0.2, 0) is 0 Å². The van der Waals surface area contributed by atoms with Crippen LogP contribution in [0.2, 0.25) is 0 Å². The van der Waals surface area contributed by atoms with Crippen molar-refractivity contribution in [1.82, 2.24) is 0 Å². The third kappa shape index (κ3) is 1.67. The Morgan fingerprint density at radius 3 is 2.82 bits per heavy atom. The summed E-state index contributed by atoms with van der Waals surface area (Å²) >= 11 is 6.03. The number of halogens is 1. The smallest absolute Gasteiger partial charge is 0.132 e. The fourth-order valence-electron chi connectivity index (χ4n) is 2.52. The number of rotatable bonds is 2. The SMILES string of the molecule is POc1cc2c(c3ccccc13)[C@H](CCl)CN2. The molecule has 4 heteroatoms. The van der Waals surface area contributed by atoms with Crippen LogP contribution in [0.5, 0.6) is 5.75 Å². The molecule has 0 spiro atoms. The summed E-state index contributed by atoms with van der Waals surface area (Å²) in [4.78, 5) is 0. The van der Waals surface area contributed by atoms with E-state index in [-0.39, 0.29) is 0 Å². The molecule has 0 saturated heterocycles. The fourth-order valence-corrected chi connectivity index (χ4v) is 2.97. The first-order valence-corrected chi connectivity index (χ1v) is 6.58. The average Bonchev–Trinajstić information content (AvgIpc) is 2.80. The summed E-state index contributed by atoms with van der Waals surface area (Å²) in [6.45, 7) is 0.906. The molecule has 1 unspecified atom stereocenters. The highest BCUT2D eigenvalue weighted by Gasteiger charge is 2.25. The molecule has 1 aliphatic heterocycles. The number of benzene rings is 2. The quantitative estimate of drug-likeness (QED) is 0.659. The zero-order valence-electron chi connectivity index (χ0n) is 9.24. The monoisotopic (exact) mass is 265 g/mol. The Morgan fingerprint density at radius 2 is 2.12 bits per heavy atom. The van der Waals surface area contributed by atoms with Crippen molar-refractivity contribution in [2.75, 3.05) is 17.7 Å². The van der Waals surface area contributed by atoms with Gasteiger partial charge in [0.1, 0.15) is 5.75 Å². The molecule has 1 heterocycles. The van der Waals surface area contributed by atoms with Gasteiger partial charge in [-0.2, -0.15) is 0 Å². The molecular formula is C13H13ClNOP. The molecule has 1 aliphatic rings. The summed E-state index contributed by atoms with van der Waals surface area (Å²) in [5.41, 5.74) is 2.47. The number of fused-ring (bicyclic) bond motifs is 3. The molecular weight excluding hydrogens is 253 g/mol. The Balaban J connectivity index is 2.34. The lowest BCUT2D eigenvalue weighted by atomic mass is 9.95. The molecule has 1 N–H and O–H groups in total. The van der Waals surface area contributed by atoms with E-state index >= 15 is 0 Å². The van der Waals surface area contributed by atoms with E-state index in [0.29, 0.717) is 11.8 Å². The minimum atomic E-state index is 0.384. The summed E-state index contributed by atoms with van der Waals surface area (Å²) < 4.78 is 5.37. The predicted molar refractivity (Wildman–Crippen MR) is 76.2 cm³/mol. The molecule has 2 aromatic carbocycles. The van der Waals surface area contributed by atoms with Crippen molar-refractivity contribution in [3.05, 3.63) is 35.9 Å². The predicted octanol–water partition coefficient (Wildman–Crippen LogP) is 3.76. The zero-order chi connectivity index (χ0) is 11.8. The molecule has 0 aliphatic carbocycles. The summed E-state index contributed by atoms with van der Waals surface area (Å²) in [6, 6.07) is 10.3. The van der Waals surface area contributed by atoms with Crippen LogP contribution in [0.1, 0.15) is 11.5 Å². The molecule has 3 rings (SSSR count). The minimum Gasteiger partial charge on any atom is -0.480 e. The van der Waals surface area contributed by atoms with Crippen molar-refractivity contribution in [2.24, 2.45) is 0 Å². The van der Waals surface area contributed by atoms with Crippen LogP contribution in [-0.4, -0.2) is 12.4 Å². The van der Waals surface area contributed by atoms with Gasteiger partial charge in [0.05, 0.1) is 9.47 Å². The zero-order valence-corrected chi connectivity index (χ0v) is 11.2. The van der Waals surface area contributed by atoms with Gasteiger partial charge in [-0.15, -0.1) is 11.6 Å². The van der Waals surface area contributed by atoms with Crippen LogP contribution in [0.3, 0.4) is 0 Å². The molecule has 0 aromatic heterocycles. The van der Waals surface area contributed by atoms with Gasteiger partial charge in [-0.25, -0.2) is 0 Å². The summed E-state index contributed by atoms with van der Waals surface area (Å²) in [5, 5.41) is 5.77. The standard InChI is InChI=1S/C13H13ClNOP/c14-6-8-7-15-11-5-12(16-17)9-3-1-2-4-10(9)13(8)11/h1-5,8,15H,6-7,17H2/t8-/m1/s1. The highest BCUT2D eigenvalue weighted by molar-refractivity contribution is 7.10. The second kappa shape index (κ2) is 4.36. The van der Waals surface area contributed by atoms with Crippen LogP contribution in [0.15, 0.2) is 30.3 Å². The Morgan fingerprint density at radius 1 is 1.35 bits per heavy atom. The van der Waals surface area contributed by atoms with E-state index in [1.54, 1.807) is 0 Å². The number of hydrogen-bond acceptors (Lipinski definition) is 2. The van der Waals surface area contributed by atoms with Crippen molar-refractivity contribution < 1.29 is 4.52 Å². The van der Waals surface area contributed by atoms with Gasteiger partial charge in [0.2, 0.25) is 0 Å². The number of anilines is 1. The second-order valence-corrected chi connectivity index (χ2v) is 4.78. The Hall–Kier alpha value is -0.980. The van der Waals surface area contributed by atoms with Gasteiger partial charge in [0.15, 0.2) is 0 Å². The van der Waals surface area contributed by atoms with Gasteiger partial charge in [-0.3, -0.25) is 0 Å². The van der Waals surface area contributed by atoms with E-state index in [1.807, 2.05) is 6.07 Å². The van der Waals surface area contributed by atoms with Crippen LogP contribution in [0.4, 0.5) is 5.69 Å². The van der Waals surface area contributed by atoms with Gasteiger partial charge in [-0.1, -0.05) is 24.3 Å². The third-order valence-electron chi connectivity index (χ3n) is 3.31. The Labute approximate surface area is 108 Å². The third-order valence-corrected chi connectivity index (χ3v) is 3.94. The summed E-state index contributed by atoms with van der Waals surface area (Å²) in [6.07, 6.45) is 0. The second-order valence-electron chi connectivity index (χ2n) is 4.23. The highest BCUT2D eigenvalue weighted by atomic mass is 35.5. The Kier molecular flexibility index (Phi) is 2.85. The van der Waals surface area contributed by atoms with Gasteiger partial charge < -0.3 is 9.84 Å². The molecule has 0 bridgehead atoms. The maximum Gasteiger partial charge on any atom is 0.132 e. The molecule has 0 fully saturated rings. The van der Waals surface area contributed by atoms with E-state index in [4.69, 9.17) is 16.1 Å². The maximum atomic E-state index is 6.03. The molecule has 0 amide bonds.